The van der Waals surface area contributed by atoms with Crippen molar-refractivity contribution in [3.05, 3.63) is 11.6 Å². The third-order valence-electron chi connectivity index (χ3n) is 3.63. The first-order valence-corrected chi connectivity index (χ1v) is 8.61. The van der Waals surface area contributed by atoms with Crippen LogP contribution in [0.25, 0.3) is 0 Å². The molecule has 1 saturated heterocycles. The lowest BCUT2D eigenvalue weighted by molar-refractivity contribution is -0.225. The van der Waals surface area contributed by atoms with Crippen LogP contribution in [0.5, 0.6) is 0 Å². The lowest BCUT2D eigenvalue weighted by Crippen LogP contribution is -2.57. The van der Waals surface area contributed by atoms with Crippen LogP contribution in [0.15, 0.2) is 11.6 Å². The Morgan fingerprint density at radius 1 is 0.926 bits per heavy atom. The van der Waals surface area contributed by atoms with E-state index in [0.717, 1.165) is 0 Å². The first-order chi connectivity index (χ1) is 12.6. The molecule has 27 heavy (non-hydrogen) atoms. The Labute approximate surface area is 157 Å². The predicted octanol–water partition coefficient (Wildman–Crippen LogP) is 1.08. The molecule has 0 bridgehead atoms. The zero-order chi connectivity index (χ0) is 20.6. The van der Waals surface area contributed by atoms with Crippen molar-refractivity contribution < 1.29 is 42.9 Å². The highest BCUT2D eigenvalue weighted by Gasteiger charge is 2.46. The quantitative estimate of drug-likeness (QED) is 0.360. The van der Waals surface area contributed by atoms with Crippen LogP contribution >= 0.6 is 0 Å². The van der Waals surface area contributed by atoms with Gasteiger partial charge in [-0.3, -0.25) is 14.4 Å². The summed E-state index contributed by atoms with van der Waals surface area (Å²) in [5.41, 5.74) is 0.628. The Hall–Kier alpha value is -2.42. The molecule has 152 valence electrons. The predicted molar refractivity (Wildman–Crippen MR) is 91.4 cm³/mol. The van der Waals surface area contributed by atoms with Gasteiger partial charge in [0.15, 0.2) is 18.3 Å². The van der Waals surface area contributed by atoms with E-state index in [9.17, 15) is 19.2 Å². The van der Waals surface area contributed by atoms with Crippen LogP contribution in [0.1, 0.15) is 41.0 Å². The van der Waals surface area contributed by atoms with Crippen molar-refractivity contribution in [2.75, 3.05) is 13.2 Å². The molecular formula is C18H26O9. The van der Waals surface area contributed by atoms with E-state index in [1.807, 2.05) is 0 Å². The van der Waals surface area contributed by atoms with E-state index in [-0.39, 0.29) is 19.6 Å². The maximum atomic E-state index is 11.6. The van der Waals surface area contributed by atoms with E-state index >= 15 is 0 Å². The molecule has 0 N–H and O–H groups in total. The molecule has 9 heteroatoms. The minimum Gasteiger partial charge on any atom is -0.463 e. The number of esters is 4. The maximum absolute atomic E-state index is 11.6. The van der Waals surface area contributed by atoms with E-state index in [1.165, 1.54) is 26.8 Å². The maximum Gasteiger partial charge on any atom is 0.330 e. The number of carbonyl (C=O) groups is 4. The average Bonchev–Trinajstić information content (AvgIpc) is 2.51. The summed E-state index contributed by atoms with van der Waals surface area (Å²) in [7, 11) is 0. The summed E-state index contributed by atoms with van der Waals surface area (Å²) in [4.78, 5) is 46.0. The summed E-state index contributed by atoms with van der Waals surface area (Å²) in [5.74, 6) is -2.31. The third-order valence-corrected chi connectivity index (χ3v) is 3.63. The van der Waals surface area contributed by atoms with E-state index in [1.54, 1.807) is 13.8 Å². The molecule has 9 nitrogen and oxygen atoms in total. The second-order valence-electron chi connectivity index (χ2n) is 6.11. The van der Waals surface area contributed by atoms with Crippen molar-refractivity contribution in [1.82, 2.24) is 0 Å². The Morgan fingerprint density at radius 3 is 2.00 bits per heavy atom. The highest BCUT2D eigenvalue weighted by atomic mass is 16.6. The standard InChI is InChI=1S/C18H26O9/c1-6-23-16(22)8-10(2)7-14-17(26-12(4)20)18(27-13(5)21)15(9-24-14)25-11(3)19/h8,14-15,17-18H,6-7,9H2,1-5H3/t14-,15+,17-,18-/m0/s1. The summed E-state index contributed by atoms with van der Waals surface area (Å²) >= 11 is 0. The molecule has 1 aliphatic rings. The minimum atomic E-state index is -1.02. The van der Waals surface area contributed by atoms with Crippen molar-refractivity contribution in [3.63, 3.8) is 0 Å². The Kier molecular flexibility index (Phi) is 8.93. The monoisotopic (exact) mass is 386 g/mol. The van der Waals surface area contributed by atoms with Gasteiger partial charge in [-0.25, -0.2) is 4.79 Å². The summed E-state index contributed by atoms with van der Waals surface area (Å²) in [6, 6.07) is 0. The Bertz CT molecular complexity index is 596. The van der Waals surface area contributed by atoms with Gasteiger partial charge in [0.25, 0.3) is 0 Å². The van der Waals surface area contributed by atoms with Gasteiger partial charge in [0.2, 0.25) is 0 Å². The Balaban J connectivity index is 3.05. The van der Waals surface area contributed by atoms with Crippen molar-refractivity contribution in [2.24, 2.45) is 0 Å². The molecule has 0 amide bonds. The lowest BCUT2D eigenvalue weighted by Gasteiger charge is -2.40. The smallest absolute Gasteiger partial charge is 0.330 e. The number of hydrogen-bond acceptors (Lipinski definition) is 9. The van der Waals surface area contributed by atoms with Crippen LogP contribution in [0.2, 0.25) is 0 Å². The molecular weight excluding hydrogens is 360 g/mol. The van der Waals surface area contributed by atoms with E-state index in [2.05, 4.69) is 0 Å². The summed E-state index contributed by atoms with van der Waals surface area (Å²) in [6.07, 6.45) is -2.10. The van der Waals surface area contributed by atoms with Gasteiger partial charge in [0.1, 0.15) is 6.10 Å². The second kappa shape index (κ2) is 10.7. The molecule has 0 aliphatic carbocycles. The van der Waals surface area contributed by atoms with E-state index in [4.69, 9.17) is 23.7 Å². The Morgan fingerprint density at radius 2 is 1.48 bits per heavy atom. The van der Waals surface area contributed by atoms with Gasteiger partial charge in [-0.2, -0.15) is 0 Å². The second-order valence-corrected chi connectivity index (χ2v) is 6.11. The first-order valence-electron chi connectivity index (χ1n) is 8.61. The van der Waals surface area contributed by atoms with Crippen LogP contribution in [0, 0.1) is 0 Å². The zero-order valence-corrected chi connectivity index (χ0v) is 16.2. The topological polar surface area (TPSA) is 114 Å². The van der Waals surface area contributed by atoms with Gasteiger partial charge in [0.05, 0.1) is 13.2 Å². The van der Waals surface area contributed by atoms with Gasteiger partial charge < -0.3 is 23.7 Å². The molecule has 1 heterocycles. The molecule has 0 aromatic carbocycles. The largest absolute Gasteiger partial charge is 0.463 e. The minimum absolute atomic E-state index is 0.0490. The fraction of sp³-hybridized carbons (Fsp3) is 0.667. The molecule has 0 unspecified atom stereocenters. The van der Waals surface area contributed by atoms with Gasteiger partial charge in [0, 0.05) is 26.8 Å². The van der Waals surface area contributed by atoms with Crippen molar-refractivity contribution in [1.29, 1.82) is 0 Å². The molecule has 4 atom stereocenters. The van der Waals surface area contributed by atoms with Crippen LogP contribution in [0.3, 0.4) is 0 Å². The molecule has 0 aromatic heterocycles. The molecule has 0 spiro atoms. The number of carbonyl (C=O) groups excluding carboxylic acids is 4. The lowest BCUT2D eigenvalue weighted by atomic mass is 9.94. The van der Waals surface area contributed by atoms with Crippen molar-refractivity contribution >= 4 is 23.9 Å². The summed E-state index contributed by atoms with van der Waals surface area (Å²) in [5, 5.41) is 0. The fourth-order valence-corrected chi connectivity index (χ4v) is 2.75. The van der Waals surface area contributed by atoms with Gasteiger partial charge >= 0.3 is 23.9 Å². The molecule has 1 aliphatic heterocycles. The fourth-order valence-electron chi connectivity index (χ4n) is 2.75. The molecule has 0 radical (unpaired) electrons. The number of ether oxygens (including phenoxy) is 5. The number of hydrogen-bond donors (Lipinski definition) is 0. The van der Waals surface area contributed by atoms with Crippen LogP contribution in [-0.2, 0) is 42.9 Å². The third kappa shape index (κ3) is 7.78. The highest BCUT2D eigenvalue weighted by molar-refractivity contribution is 5.82. The zero-order valence-electron chi connectivity index (χ0n) is 16.2. The van der Waals surface area contributed by atoms with Crippen molar-refractivity contribution in [3.8, 4) is 0 Å². The van der Waals surface area contributed by atoms with Gasteiger partial charge in [-0.15, -0.1) is 0 Å². The SMILES string of the molecule is CCOC(=O)C=C(C)C[C@@H]1OC[C@@H](OC(C)=O)[C@H](OC(C)=O)[C@H]1OC(C)=O. The average molecular weight is 386 g/mol. The molecule has 1 fully saturated rings. The molecule has 1 rings (SSSR count). The van der Waals surface area contributed by atoms with Gasteiger partial charge in [-0.1, -0.05) is 5.57 Å². The first kappa shape index (κ1) is 22.6. The molecule has 0 aromatic rings. The van der Waals surface area contributed by atoms with Crippen LogP contribution in [-0.4, -0.2) is 61.5 Å². The number of rotatable bonds is 7. The molecule has 0 saturated carbocycles. The van der Waals surface area contributed by atoms with Crippen LogP contribution in [0.4, 0.5) is 0 Å². The summed E-state index contributed by atoms with van der Waals surface area (Å²) < 4.78 is 26.3. The highest BCUT2D eigenvalue weighted by Crippen LogP contribution is 2.28. The normalized spacial score (nSPS) is 25.3. The summed E-state index contributed by atoms with van der Waals surface area (Å²) in [6.45, 7) is 7.21. The van der Waals surface area contributed by atoms with E-state index < -0.39 is 48.3 Å². The van der Waals surface area contributed by atoms with E-state index in [0.29, 0.717) is 5.57 Å². The van der Waals surface area contributed by atoms with Crippen LogP contribution < -0.4 is 0 Å². The van der Waals surface area contributed by atoms with Crippen molar-refractivity contribution in [2.45, 2.75) is 65.5 Å². The van der Waals surface area contributed by atoms with Gasteiger partial charge in [-0.05, 0) is 20.3 Å².